The molecule has 33 heavy (non-hydrogen) atoms. The number of nitrogens with zero attached hydrogens (tertiary/aromatic N) is 6. The number of aryl methyl sites for hydroxylation is 1. The minimum absolute atomic E-state index is 0.0191. The van der Waals surface area contributed by atoms with Crippen LogP contribution < -0.4 is 5.73 Å². The van der Waals surface area contributed by atoms with Gasteiger partial charge < -0.3 is 25.0 Å². The zero-order valence-electron chi connectivity index (χ0n) is 19.2. The average Bonchev–Trinajstić information content (AvgIpc) is 3.33. The minimum atomic E-state index is -0.464. The molecule has 2 aromatic heterocycles. The molecule has 0 spiro atoms. The van der Waals surface area contributed by atoms with Crippen molar-refractivity contribution < 1.29 is 19.4 Å². The molecule has 0 bridgehead atoms. The molecule has 178 valence electrons. The first-order valence-corrected chi connectivity index (χ1v) is 10.9. The third kappa shape index (κ3) is 5.93. The fourth-order valence-corrected chi connectivity index (χ4v) is 3.72. The molecule has 1 unspecified atom stereocenters. The topological polar surface area (TPSA) is 141 Å². The highest BCUT2D eigenvalue weighted by Crippen LogP contribution is 2.26. The molecule has 11 heteroatoms. The lowest BCUT2D eigenvalue weighted by Crippen LogP contribution is -2.36. The van der Waals surface area contributed by atoms with Crippen molar-refractivity contribution in [2.24, 2.45) is 11.7 Å². The fraction of sp³-hybridized carbons (Fsp3) is 0.500. The first-order chi connectivity index (χ1) is 15.8. The van der Waals surface area contributed by atoms with E-state index in [1.165, 1.54) is 0 Å². The van der Waals surface area contributed by atoms with Crippen molar-refractivity contribution in [1.82, 2.24) is 29.2 Å². The predicted molar refractivity (Wildman–Crippen MR) is 122 cm³/mol. The van der Waals surface area contributed by atoms with Gasteiger partial charge in [0.1, 0.15) is 6.10 Å². The van der Waals surface area contributed by atoms with Gasteiger partial charge in [-0.2, -0.15) is 4.68 Å². The Morgan fingerprint density at radius 2 is 2.06 bits per heavy atom. The van der Waals surface area contributed by atoms with Gasteiger partial charge in [-0.1, -0.05) is 26.0 Å². The van der Waals surface area contributed by atoms with Gasteiger partial charge in [0, 0.05) is 19.6 Å². The average molecular weight is 458 g/mol. The number of amides is 1. The molecule has 1 aromatic carbocycles. The van der Waals surface area contributed by atoms with E-state index in [1.807, 2.05) is 18.2 Å². The standard InChI is InChI=1S/C21H29N7O2.CH2O2/c1-14(2)8-9-27-16-7-5-4-6-15(16)23-21(27)28-20(17-13-26(3)10-11-30-17)24-19(25-28)12-18(22)29;2-1-3/h4-7,14,17H,8-13H2,1-3H3,(H2,22,29);1H,(H,2,3). The Hall–Kier alpha value is -3.31. The molecule has 1 aliphatic rings. The Balaban J connectivity index is 0.000000968. The SMILES string of the molecule is CC(C)CCn1c(-n2nc(CC(N)=O)nc2C2CN(C)CCO2)nc2ccccc21.O=CO. The number of hydrogen-bond donors (Lipinski definition) is 2. The van der Waals surface area contributed by atoms with E-state index in [2.05, 4.69) is 46.5 Å². The summed E-state index contributed by atoms with van der Waals surface area (Å²) in [7, 11) is 2.05. The maximum Gasteiger partial charge on any atom is 0.290 e. The normalized spacial score (nSPS) is 16.5. The molecular weight excluding hydrogens is 426 g/mol. The lowest BCUT2D eigenvalue weighted by molar-refractivity contribution is -0.123. The van der Waals surface area contributed by atoms with E-state index in [9.17, 15) is 4.79 Å². The fourth-order valence-electron chi connectivity index (χ4n) is 3.72. The van der Waals surface area contributed by atoms with Crippen LogP contribution in [0, 0.1) is 5.92 Å². The number of fused-ring (bicyclic) bond motifs is 1. The van der Waals surface area contributed by atoms with E-state index >= 15 is 0 Å². The molecule has 1 saturated heterocycles. The Kier molecular flexibility index (Phi) is 8.12. The number of ether oxygens (including phenoxy) is 1. The Morgan fingerprint density at radius 1 is 1.33 bits per heavy atom. The van der Waals surface area contributed by atoms with Crippen molar-refractivity contribution in [3.8, 4) is 5.95 Å². The number of benzene rings is 1. The van der Waals surface area contributed by atoms with Crippen LogP contribution in [-0.4, -0.2) is 73.4 Å². The van der Waals surface area contributed by atoms with E-state index < -0.39 is 5.91 Å². The summed E-state index contributed by atoms with van der Waals surface area (Å²) in [6.45, 7) is 7.14. The van der Waals surface area contributed by atoms with Gasteiger partial charge in [0.15, 0.2) is 11.6 Å². The van der Waals surface area contributed by atoms with E-state index in [4.69, 9.17) is 25.4 Å². The van der Waals surface area contributed by atoms with Crippen LogP contribution in [0.3, 0.4) is 0 Å². The summed E-state index contributed by atoms with van der Waals surface area (Å²) in [4.78, 5) is 31.6. The van der Waals surface area contributed by atoms with Gasteiger partial charge in [0.25, 0.3) is 6.47 Å². The summed E-state index contributed by atoms with van der Waals surface area (Å²) in [6, 6.07) is 8.06. The Labute approximate surface area is 192 Å². The number of morpholine rings is 1. The minimum Gasteiger partial charge on any atom is -0.483 e. The molecule has 0 aliphatic carbocycles. The van der Waals surface area contributed by atoms with Crippen LogP contribution in [0.25, 0.3) is 17.0 Å². The zero-order valence-corrected chi connectivity index (χ0v) is 19.2. The molecule has 11 nitrogen and oxygen atoms in total. The summed E-state index contributed by atoms with van der Waals surface area (Å²) < 4.78 is 9.92. The molecular formula is C22H31N7O4. The van der Waals surface area contributed by atoms with Crippen LogP contribution in [0.2, 0.25) is 0 Å². The lowest BCUT2D eigenvalue weighted by atomic mass is 10.1. The molecule has 1 amide bonds. The largest absolute Gasteiger partial charge is 0.483 e. The van der Waals surface area contributed by atoms with Gasteiger partial charge in [-0.05, 0) is 31.5 Å². The number of carboxylic acid groups (broad SMARTS) is 1. The van der Waals surface area contributed by atoms with Crippen molar-refractivity contribution in [2.45, 2.75) is 39.3 Å². The molecule has 1 atom stereocenters. The number of aromatic nitrogens is 5. The van der Waals surface area contributed by atoms with E-state index in [-0.39, 0.29) is 19.0 Å². The molecule has 3 aromatic rings. The van der Waals surface area contributed by atoms with Crippen molar-refractivity contribution in [3.63, 3.8) is 0 Å². The highest BCUT2D eigenvalue weighted by molar-refractivity contribution is 5.77. The van der Waals surface area contributed by atoms with Crippen LogP contribution in [0.15, 0.2) is 24.3 Å². The van der Waals surface area contributed by atoms with Gasteiger partial charge in [-0.25, -0.2) is 9.97 Å². The number of likely N-dealkylation sites (N-methyl/N-ethyl adjacent to an activating group) is 1. The third-order valence-electron chi connectivity index (χ3n) is 5.32. The number of carbonyl (C=O) groups is 2. The van der Waals surface area contributed by atoms with E-state index in [1.54, 1.807) is 4.68 Å². The van der Waals surface area contributed by atoms with Gasteiger partial charge in [-0.3, -0.25) is 9.59 Å². The summed E-state index contributed by atoms with van der Waals surface area (Å²) in [6.07, 6.45) is 0.736. The van der Waals surface area contributed by atoms with E-state index in [0.717, 1.165) is 30.5 Å². The van der Waals surface area contributed by atoms with Gasteiger partial charge >= 0.3 is 0 Å². The molecule has 0 radical (unpaired) electrons. The monoisotopic (exact) mass is 457 g/mol. The first-order valence-electron chi connectivity index (χ1n) is 10.9. The molecule has 1 aliphatic heterocycles. The third-order valence-corrected chi connectivity index (χ3v) is 5.32. The second-order valence-electron chi connectivity index (χ2n) is 8.40. The van der Waals surface area contributed by atoms with Gasteiger partial charge in [0.2, 0.25) is 11.9 Å². The van der Waals surface area contributed by atoms with Crippen LogP contribution in [0.4, 0.5) is 0 Å². The number of hydrogen-bond acceptors (Lipinski definition) is 7. The number of para-hydroxylation sites is 2. The number of nitrogens with two attached hydrogens (primary N) is 1. The summed E-state index contributed by atoms with van der Waals surface area (Å²) in [5.41, 5.74) is 7.35. The number of imidazole rings is 1. The molecule has 1 fully saturated rings. The first kappa shape index (κ1) is 24.3. The smallest absolute Gasteiger partial charge is 0.290 e. The van der Waals surface area contributed by atoms with Crippen molar-refractivity contribution in [3.05, 3.63) is 35.9 Å². The Morgan fingerprint density at radius 3 is 2.73 bits per heavy atom. The molecule has 0 saturated carbocycles. The lowest BCUT2D eigenvalue weighted by Gasteiger charge is -2.29. The molecule has 3 N–H and O–H groups in total. The number of primary amides is 1. The molecule has 4 rings (SSSR count). The van der Waals surface area contributed by atoms with E-state index in [0.29, 0.717) is 36.7 Å². The van der Waals surface area contributed by atoms with Gasteiger partial charge in [-0.15, -0.1) is 5.10 Å². The Bertz CT molecular complexity index is 1090. The zero-order chi connectivity index (χ0) is 24.0. The quantitative estimate of drug-likeness (QED) is 0.507. The highest BCUT2D eigenvalue weighted by Gasteiger charge is 2.28. The number of rotatable bonds is 7. The van der Waals surface area contributed by atoms with Crippen LogP contribution >= 0.6 is 0 Å². The number of carbonyl (C=O) groups excluding carboxylic acids is 1. The second kappa shape index (κ2) is 11.0. The maximum atomic E-state index is 11.5. The summed E-state index contributed by atoms with van der Waals surface area (Å²) >= 11 is 0. The van der Waals surface area contributed by atoms with Crippen molar-refractivity contribution >= 4 is 23.4 Å². The maximum absolute atomic E-state index is 11.5. The van der Waals surface area contributed by atoms with Crippen LogP contribution in [0.5, 0.6) is 0 Å². The molecule has 3 heterocycles. The summed E-state index contributed by atoms with van der Waals surface area (Å²) in [5, 5.41) is 11.5. The van der Waals surface area contributed by atoms with Gasteiger partial charge in [0.05, 0.1) is 24.1 Å². The highest BCUT2D eigenvalue weighted by atomic mass is 16.5. The predicted octanol–water partition coefficient (Wildman–Crippen LogP) is 1.39. The van der Waals surface area contributed by atoms with Crippen LogP contribution in [-0.2, 0) is 27.3 Å². The second-order valence-corrected chi connectivity index (χ2v) is 8.40. The summed E-state index contributed by atoms with van der Waals surface area (Å²) in [5.74, 6) is 1.81. The van der Waals surface area contributed by atoms with Crippen molar-refractivity contribution in [1.29, 1.82) is 0 Å². The van der Waals surface area contributed by atoms with Crippen LogP contribution in [0.1, 0.15) is 38.0 Å². The van der Waals surface area contributed by atoms with Crippen molar-refractivity contribution in [2.75, 3.05) is 26.7 Å².